The third-order valence-electron chi connectivity index (χ3n) is 9.12. The maximum Gasteiger partial charge on any atom is 0.417 e. The Bertz CT molecular complexity index is 1540. The average Bonchev–Trinajstić information content (AvgIpc) is 3.05. The molecule has 3 heterocycles. The zero-order chi connectivity index (χ0) is 33.4. The number of hydrogen-bond acceptors (Lipinski definition) is 7. The normalized spacial score (nSPS) is 16.8. The van der Waals surface area contributed by atoms with Crippen molar-refractivity contribution >= 4 is 17.3 Å². The van der Waals surface area contributed by atoms with Crippen LogP contribution in [0.2, 0.25) is 0 Å². The van der Waals surface area contributed by atoms with E-state index >= 15 is 0 Å². The number of anilines is 2. The molecule has 254 valence electrons. The standard InChI is InChI=1S/C35H46F3N7O2/c1-42-13-19-45(20-14-42)32-10-9-28(22-31(32)41-34(47)29-24-40-33(46)23-30(29)35(36,37)38)27-8-6-7-26(21-27)25-44-17-15-43(16-18-44)12-5-3-2-4-11-39/h6-10,21-24H,2-5,11-20,25,39H2,1H3,(H,40,46)(H,41,47). The molecule has 5 rings (SSSR count). The zero-order valence-electron chi connectivity index (χ0n) is 27.1. The summed E-state index contributed by atoms with van der Waals surface area (Å²) in [6, 6.07) is 14.5. The third-order valence-corrected chi connectivity index (χ3v) is 9.12. The number of hydrogen-bond donors (Lipinski definition) is 3. The van der Waals surface area contributed by atoms with Gasteiger partial charge in [-0.2, -0.15) is 13.2 Å². The van der Waals surface area contributed by atoms with Crippen molar-refractivity contribution in [2.75, 3.05) is 82.7 Å². The van der Waals surface area contributed by atoms with Crippen molar-refractivity contribution in [1.82, 2.24) is 19.7 Å². The molecule has 0 saturated carbocycles. The molecule has 2 saturated heterocycles. The minimum absolute atomic E-state index is 0.418. The first-order valence-corrected chi connectivity index (χ1v) is 16.5. The lowest BCUT2D eigenvalue weighted by atomic mass is 10.0. The molecule has 0 spiro atoms. The number of halogens is 3. The summed E-state index contributed by atoms with van der Waals surface area (Å²) in [5.74, 6) is -0.940. The Kier molecular flexibility index (Phi) is 11.7. The Morgan fingerprint density at radius 3 is 2.30 bits per heavy atom. The summed E-state index contributed by atoms with van der Waals surface area (Å²) in [5, 5.41) is 2.75. The van der Waals surface area contributed by atoms with Gasteiger partial charge < -0.3 is 30.7 Å². The number of nitrogens with one attached hydrogen (secondary N) is 2. The number of nitrogens with two attached hydrogens (primary N) is 1. The highest BCUT2D eigenvalue weighted by molar-refractivity contribution is 6.07. The fourth-order valence-electron chi connectivity index (χ4n) is 6.33. The first kappa shape index (κ1) is 34.6. The van der Waals surface area contributed by atoms with Crippen LogP contribution in [-0.4, -0.2) is 98.1 Å². The van der Waals surface area contributed by atoms with Crippen molar-refractivity contribution < 1.29 is 18.0 Å². The van der Waals surface area contributed by atoms with Gasteiger partial charge >= 0.3 is 6.18 Å². The van der Waals surface area contributed by atoms with Gasteiger partial charge in [0.05, 0.1) is 22.5 Å². The van der Waals surface area contributed by atoms with Gasteiger partial charge in [0.15, 0.2) is 0 Å². The van der Waals surface area contributed by atoms with Gasteiger partial charge in [-0.1, -0.05) is 37.1 Å². The molecule has 0 radical (unpaired) electrons. The van der Waals surface area contributed by atoms with E-state index < -0.39 is 28.8 Å². The molecular weight excluding hydrogens is 607 g/mol. The monoisotopic (exact) mass is 653 g/mol. The predicted molar refractivity (Wildman–Crippen MR) is 181 cm³/mol. The quantitative estimate of drug-likeness (QED) is 0.244. The summed E-state index contributed by atoms with van der Waals surface area (Å²) in [5.41, 5.74) is 6.90. The van der Waals surface area contributed by atoms with Gasteiger partial charge in [-0.25, -0.2) is 0 Å². The molecule has 0 aliphatic carbocycles. The lowest BCUT2D eigenvalue weighted by molar-refractivity contribution is -0.138. The molecule has 0 bridgehead atoms. The molecule has 1 amide bonds. The van der Waals surface area contributed by atoms with E-state index in [1.165, 1.54) is 24.8 Å². The Morgan fingerprint density at radius 1 is 0.872 bits per heavy atom. The first-order chi connectivity index (χ1) is 22.6. The van der Waals surface area contributed by atoms with Gasteiger partial charge in [-0.15, -0.1) is 0 Å². The molecule has 2 aliphatic rings. The summed E-state index contributed by atoms with van der Waals surface area (Å²) < 4.78 is 41.3. The number of unbranched alkanes of at least 4 members (excludes halogenated alkanes) is 3. The summed E-state index contributed by atoms with van der Waals surface area (Å²) >= 11 is 0. The molecule has 4 N–H and O–H groups in total. The average molecular weight is 654 g/mol. The number of pyridine rings is 1. The van der Waals surface area contributed by atoms with E-state index in [9.17, 15) is 22.8 Å². The lowest BCUT2D eigenvalue weighted by Crippen LogP contribution is -2.46. The smallest absolute Gasteiger partial charge is 0.367 e. The highest BCUT2D eigenvalue weighted by Gasteiger charge is 2.36. The van der Waals surface area contributed by atoms with Gasteiger partial charge in [-0.05, 0) is 67.9 Å². The number of piperazine rings is 2. The fraction of sp³-hybridized carbons (Fsp3) is 0.486. The van der Waals surface area contributed by atoms with E-state index in [2.05, 4.69) is 42.0 Å². The topological polar surface area (TPSA) is 101 Å². The Labute approximate surface area is 274 Å². The molecule has 2 fully saturated rings. The first-order valence-electron chi connectivity index (χ1n) is 16.5. The number of rotatable bonds is 12. The zero-order valence-corrected chi connectivity index (χ0v) is 27.1. The maximum absolute atomic E-state index is 13.8. The van der Waals surface area contributed by atoms with Crippen molar-refractivity contribution in [3.8, 4) is 11.1 Å². The number of carbonyl (C=O) groups is 1. The Hall–Kier alpha value is -3.71. The van der Waals surface area contributed by atoms with Gasteiger partial charge in [0.25, 0.3) is 5.91 Å². The number of carbonyl (C=O) groups excluding carboxylic acids is 1. The molecular formula is C35H46F3N7O2. The van der Waals surface area contributed by atoms with E-state index in [0.717, 1.165) is 88.3 Å². The van der Waals surface area contributed by atoms with E-state index in [1.807, 2.05) is 37.4 Å². The van der Waals surface area contributed by atoms with Crippen molar-refractivity contribution in [3.05, 3.63) is 81.8 Å². The number of nitrogens with zero attached hydrogens (tertiary/aromatic N) is 4. The second-order valence-electron chi connectivity index (χ2n) is 12.6. The summed E-state index contributed by atoms with van der Waals surface area (Å²) in [6.45, 7) is 9.91. The summed E-state index contributed by atoms with van der Waals surface area (Å²) in [7, 11) is 2.04. The molecule has 2 aromatic carbocycles. The number of amides is 1. The molecule has 3 aromatic rings. The van der Waals surface area contributed by atoms with Crippen LogP contribution in [0.4, 0.5) is 24.5 Å². The van der Waals surface area contributed by atoms with Crippen LogP contribution >= 0.6 is 0 Å². The molecule has 12 heteroatoms. The second kappa shape index (κ2) is 15.9. The molecule has 2 aliphatic heterocycles. The number of H-pyrrole nitrogens is 1. The molecule has 1 aromatic heterocycles. The van der Waals surface area contributed by atoms with Gasteiger partial charge in [0, 0.05) is 71.2 Å². The number of likely N-dealkylation sites (N-methyl/N-ethyl adjacent to an activating group) is 1. The van der Waals surface area contributed by atoms with Crippen LogP contribution in [0.5, 0.6) is 0 Å². The third kappa shape index (κ3) is 9.44. The van der Waals surface area contributed by atoms with E-state index in [1.54, 1.807) is 0 Å². The SMILES string of the molecule is CN1CCN(c2ccc(-c3cccc(CN4CCN(CCCCCCN)CC4)c3)cc2NC(=O)c2c[nH]c(=O)cc2C(F)(F)F)CC1. The van der Waals surface area contributed by atoms with Crippen molar-refractivity contribution in [2.45, 2.75) is 38.4 Å². The largest absolute Gasteiger partial charge is 0.417 e. The van der Waals surface area contributed by atoms with Crippen molar-refractivity contribution in [3.63, 3.8) is 0 Å². The molecule has 0 atom stereocenters. The van der Waals surface area contributed by atoms with Gasteiger partial charge in [-0.3, -0.25) is 14.5 Å². The molecule has 47 heavy (non-hydrogen) atoms. The van der Waals surface area contributed by atoms with Crippen LogP contribution in [0.3, 0.4) is 0 Å². The highest BCUT2D eigenvalue weighted by atomic mass is 19.4. The predicted octanol–water partition coefficient (Wildman–Crippen LogP) is 4.70. The van der Waals surface area contributed by atoms with Gasteiger partial charge in [0.1, 0.15) is 0 Å². The van der Waals surface area contributed by atoms with Gasteiger partial charge in [0.2, 0.25) is 5.56 Å². The second-order valence-corrected chi connectivity index (χ2v) is 12.6. The number of alkyl halides is 3. The minimum Gasteiger partial charge on any atom is -0.367 e. The number of aromatic nitrogens is 1. The van der Waals surface area contributed by atoms with Crippen LogP contribution in [-0.2, 0) is 12.7 Å². The van der Waals surface area contributed by atoms with Crippen molar-refractivity contribution in [2.24, 2.45) is 5.73 Å². The Morgan fingerprint density at radius 2 is 1.57 bits per heavy atom. The van der Waals surface area contributed by atoms with Crippen LogP contribution in [0.15, 0.2) is 59.5 Å². The van der Waals surface area contributed by atoms with Crippen LogP contribution in [0.1, 0.15) is 47.2 Å². The molecule has 9 nitrogen and oxygen atoms in total. The number of benzene rings is 2. The highest BCUT2D eigenvalue weighted by Crippen LogP contribution is 2.35. The van der Waals surface area contributed by atoms with E-state index in [-0.39, 0.29) is 0 Å². The fourth-order valence-corrected chi connectivity index (χ4v) is 6.33. The van der Waals surface area contributed by atoms with Crippen LogP contribution in [0.25, 0.3) is 11.1 Å². The van der Waals surface area contributed by atoms with Crippen LogP contribution in [0, 0.1) is 0 Å². The van der Waals surface area contributed by atoms with E-state index in [0.29, 0.717) is 24.8 Å². The molecule has 0 unspecified atom stereocenters. The summed E-state index contributed by atoms with van der Waals surface area (Å²) in [4.78, 5) is 36.6. The lowest BCUT2D eigenvalue weighted by Gasteiger charge is -2.35. The number of aromatic amines is 1. The van der Waals surface area contributed by atoms with Crippen LogP contribution < -0.4 is 21.5 Å². The van der Waals surface area contributed by atoms with Crippen molar-refractivity contribution in [1.29, 1.82) is 0 Å². The minimum atomic E-state index is -4.86. The summed E-state index contributed by atoms with van der Waals surface area (Å²) in [6.07, 6.45) is 0.712. The Balaban J connectivity index is 1.32. The maximum atomic E-state index is 13.8. The van der Waals surface area contributed by atoms with E-state index in [4.69, 9.17) is 5.73 Å².